The molecule has 1 heterocycles. The van der Waals surface area contributed by atoms with Crippen LogP contribution in [0.5, 0.6) is 0 Å². The van der Waals surface area contributed by atoms with Gasteiger partial charge in [-0.15, -0.1) is 11.3 Å². The van der Waals surface area contributed by atoms with Gasteiger partial charge in [0.2, 0.25) is 0 Å². The predicted octanol–water partition coefficient (Wildman–Crippen LogP) is 2.27. The summed E-state index contributed by atoms with van der Waals surface area (Å²) in [4.78, 5) is 12.7. The van der Waals surface area contributed by atoms with Gasteiger partial charge in [-0.05, 0) is 36.3 Å². The highest BCUT2D eigenvalue weighted by Crippen LogP contribution is 2.16. The van der Waals surface area contributed by atoms with E-state index in [1.165, 1.54) is 10.4 Å². The first-order valence-electron chi connectivity index (χ1n) is 6.42. The second-order valence-corrected chi connectivity index (χ2v) is 5.18. The van der Waals surface area contributed by atoms with Gasteiger partial charge in [0.05, 0.1) is 12.6 Å². The molecule has 18 heavy (non-hydrogen) atoms. The Morgan fingerprint density at radius 1 is 1.44 bits per heavy atom. The molecule has 5 heteroatoms. The second-order valence-electron chi connectivity index (χ2n) is 4.18. The van der Waals surface area contributed by atoms with E-state index >= 15 is 0 Å². The van der Waals surface area contributed by atoms with Crippen molar-refractivity contribution in [1.29, 1.82) is 0 Å². The average molecular weight is 270 g/mol. The molecular weight excluding hydrogens is 248 g/mol. The summed E-state index contributed by atoms with van der Waals surface area (Å²) in [6.07, 6.45) is 1.99. The zero-order valence-electron chi connectivity index (χ0n) is 11.0. The normalized spacial score (nSPS) is 12.2. The van der Waals surface area contributed by atoms with Crippen LogP contribution in [-0.4, -0.2) is 23.8 Å². The highest BCUT2D eigenvalue weighted by molar-refractivity contribution is 7.10. The fourth-order valence-electron chi connectivity index (χ4n) is 1.62. The van der Waals surface area contributed by atoms with Crippen molar-refractivity contribution in [1.82, 2.24) is 10.6 Å². The lowest BCUT2D eigenvalue weighted by Crippen LogP contribution is -2.36. The van der Waals surface area contributed by atoms with Gasteiger partial charge in [-0.1, -0.05) is 13.8 Å². The number of thiophene rings is 1. The summed E-state index contributed by atoms with van der Waals surface area (Å²) in [6.45, 7) is 5.11. The zero-order chi connectivity index (χ0) is 13.4. The van der Waals surface area contributed by atoms with Crippen LogP contribution in [0.3, 0.4) is 0 Å². The first-order chi connectivity index (χ1) is 8.67. The maximum Gasteiger partial charge on any atom is 0.315 e. The average Bonchev–Trinajstić information content (AvgIpc) is 2.83. The van der Waals surface area contributed by atoms with Crippen LogP contribution in [0.4, 0.5) is 4.79 Å². The molecule has 0 aliphatic carbocycles. The van der Waals surface area contributed by atoms with Crippen LogP contribution in [0.25, 0.3) is 0 Å². The molecule has 0 aliphatic rings. The van der Waals surface area contributed by atoms with Gasteiger partial charge in [0.25, 0.3) is 0 Å². The lowest BCUT2D eigenvalue weighted by molar-refractivity contribution is 0.160. The monoisotopic (exact) mass is 270 g/mol. The quantitative estimate of drug-likeness (QED) is 0.712. The molecule has 1 rings (SSSR count). The molecule has 1 aromatic rings. The summed E-state index contributed by atoms with van der Waals surface area (Å²) in [5.41, 5.74) is 1.29. The molecule has 0 fully saturated rings. The van der Waals surface area contributed by atoms with Crippen molar-refractivity contribution < 1.29 is 9.90 Å². The Kier molecular flexibility index (Phi) is 6.75. The Hall–Kier alpha value is -1.07. The highest BCUT2D eigenvalue weighted by Gasteiger charge is 2.06. The van der Waals surface area contributed by atoms with Crippen LogP contribution < -0.4 is 10.6 Å². The number of hydrogen-bond donors (Lipinski definition) is 3. The summed E-state index contributed by atoms with van der Waals surface area (Å²) < 4.78 is 0. The molecule has 1 atom stereocenters. The number of urea groups is 1. The molecule has 2 amide bonds. The van der Waals surface area contributed by atoms with Crippen molar-refractivity contribution in [3.8, 4) is 0 Å². The Morgan fingerprint density at radius 3 is 2.89 bits per heavy atom. The van der Waals surface area contributed by atoms with Crippen molar-refractivity contribution >= 4 is 17.4 Å². The summed E-state index contributed by atoms with van der Waals surface area (Å²) in [5.74, 6) is 0. The van der Waals surface area contributed by atoms with Crippen molar-refractivity contribution in [3.05, 3.63) is 21.9 Å². The third-order valence-electron chi connectivity index (χ3n) is 2.86. The van der Waals surface area contributed by atoms with Gasteiger partial charge in [-0.3, -0.25) is 0 Å². The van der Waals surface area contributed by atoms with E-state index in [1.54, 1.807) is 11.3 Å². The molecule has 0 bridgehead atoms. The van der Waals surface area contributed by atoms with Crippen molar-refractivity contribution in [3.63, 3.8) is 0 Å². The van der Waals surface area contributed by atoms with Crippen molar-refractivity contribution in [2.24, 2.45) is 0 Å². The van der Waals surface area contributed by atoms with E-state index in [0.29, 0.717) is 19.5 Å². The minimum atomic E-state index is -0.325. The predicted molar refractivity (Wildman–Crippen MR) is 74.9 cm³/mol. The molecule has 0 spiro atoms. The number of aliphatic hydroxyl groups is 1. The van der Waals surface area contributed by atoms with Crippen LogP contribution in [-0.2, 0) is 13.0 Å². The molecule has 1 aromatic heterocycles. The molecule has 3 N–H and O–H groups in total. The van der Waals surface area contributed by atoms with E-state index < -0.39 is 0 Å². The van der Waals surface area contributed by atoms with E-state index in [4.69, 9.17) is 0 Å². The molecular formula is C13H22N2O2S. The molecule has 1 unspecified atom stereocenters. The Balaban J connectivity index is 2.21. The van der Waals surface area contributed by atoms with Crippen LogP contribution in [0.1, 0.15) is 37.1 Å². The summed E-state index contributed by atoms with van der Waals surface area (Å²) in [7, 11) is 0. The topological polar surface area (TPSA) is 61.4 Å². The fourth-order valence-corrected chi connectivity index (χ4v) is 2.53. The van der Waals surface area contributed by atoms with Gasteiger partial charge in [-0.2, -0.15) is 0 Å². The van der Waals surface area contributed by atoms with E-state index in [1.807, 2.05) is 12.3 Å². The van der Waals surface area contributed by atoms with E-state index in [9.17, 15) is 9.90 Å². The number of carbonyl (C=O) groups is 1. The van der Waals surface area contributed by atoms with Crippen LogP contribution in [0.2, 0.25) is 0 Å². The maximum absolute atomic E-state index is 11.5. The number of amides is 2. The number of aliphatic hydroxyl groups excluding tert-OH is 1. The third kappa shape index (κ3) is 5.06. The second kappa shape index (κ2) is 8.11. The molecule has 0 radical (unpaired) electrons. The fraction of sp³-hybridized carbons (Fsp3) is 0.615. The number of nitrogens with one attached hydrogen (secondary N) is 2. The standard InChI is InChI=1S/C13H22N2O2S/c1-3-10-6-8-18-12(10)9-15-13(17)14-7-5-11(16)4-2/h6,8,11,16H,3-5,7,9H2,1-2H3,(H2,14,15,17). The van der Waals surface area contributed by atoms with Crippen LogP contribution in [0, 0.1) is 0 Å². The van der Waals surface area contributed by atoms with Gasteiger partial charge in [0.1, 0.15) is 0 Å². The lowest BCUT2D eigenvalue weighted by atomic mass is 10.2. The van der Waals surface area contributed by atoms with Gasteiger partial charge in [0.15, 0.2) is 0 Å². The first-order valence-corrected chi connectivity index (χ1v) is 7.30. The SMILES string of the molecule is CCc1ccsc1CNC(=O)NCCC(O)CC. The first kappa shape index (κ1) is 15.0. The lowest BCUT2D eigenvalue weighted by Gasteiger charge is -2.10. The van der Waals surface area contributed by atoms with Gasteiger partial charge in [0, 0.05) is 11.4 Å². The Labute approximate surface area is 112 Å². The van der Waals surface area contributed by atoms with Gasteiger partial charge >= 0.3 is 6.03 Å². The Bertz CT molecular complexity index is 366. The van der Waals surface area contributed by atoms with Gasteiger partial charge < -0.3 is 15.7 Å². The molecule has 0 saturated carbocycles. The minimum Gasteiger partial charge on any atom is -0.393 e. The van der Waals surface area contributed by atoms with Crippen LogP contribution in [0.15, 0.2) is 11.4 Å². The molecule has 0 aliphatic heterocycles. The number of carbonyl (C=O) groups excluding carboxylic acids is 1. The Morgan fingerprint density at radius 2 is 2.22 bits per heavy atom. The summed E-state index contributed by atoms with van der Waals surface area (Å²) >= 11 is 1.67. The van der Waals surface area contributed by atoms with E-state index in [0.717, 1.165) is 12.8 Å². The zero-order valence-corrected chi connectivity index (χ0v) is 11.8. The van der Waals surface area contributed by atoms with Gasteiger partial charge in [-0.25, -0.2) is 4.79 Å². The summed E-state index contributed by atoms with van der Waals surface area (Å²) in [6, 6.07) is 1.92. The smallest absolute Gasteiger partial charge is 0.315 e. The highest BCUT2D eigenvalue weighted by atomic mass is 32.1. The van der Waals surface area contributed by atoms with Crippen molar-refractivity contribution in [2.75, 3.05) is 6.54 Å². The number of rotatable bonds is 7. The number of aryl methyl sites for hydroxylation is 1. The molecule has 102 valence electrons. The largest absolute Gasteiger partial charge is 0.393 e. The maximum atomic E-state index is 11.5. The molecule has 0 aromatic carbocycles. The molecule has 4 nitrogen and oxygen atoms in total. The van der Waals surface area contributed by atoms with E-state index in [-0.39, 0.29) is 12.1 Å². The van der Waals surface area contributed by atoms with E-state index in [2.05, 4.69) is 23.6 Å². The third-order valence-corrected chi connectivity index (χ3v) is 3.83. The number of hydrogen-bond acceptors (Lipinski definition) is 3. The van der Waals surface area contributed by atoms with Crippen molar-refractivity contribution in [2.45, 2.75) is 45.8 Å². The molecule has 0 saturated heterocycles. The van der Waals surface area contributed by atoms with Crippen LogP contribution >= 0.6 is 11.3 Å². The minimum absolute atomic E-state index is 0.172. The summed E-state index contributed by atoms with van der Waals surface area (Å²) in [5, 5.41) is 17.0.